The van der Waals surface area contributed by atoms with Gasteiger partial charge in [0.2, 0.25) is 0 Å². The Labute approximate surface area is 149 Å². The summed E-state index contributed by atoms with van der Waals surface area (Å²) in [4.78, 5) is 4.60. The molecule has 4 nitrogen and oxygen atoms in total. The minimum Gasteiger partial charge on any atom is -0.461 e. The van der Waals surface area contributed by atoms with Crippen LogP contribution in [-0.4, -0.2) is 25.1 Å². The molecule has 22 heavy (non-hydrogen) atoms. The summed E-state index contributed by atoms with van der Waals surface area (Å²) in [5.74, 6) is 1.86. The summed E-state index contributed by atoms with van der Waals surface area (Å²) in [6.45, 7) is 7.98. The molecule has 2 aromatic rings. The van der Waals surface area contributed by atoms with Gasteiger partial charge in [0, 0.05) is 30.9 Å². The maximum absolute atomic E-state index is 5.80. The van der Waals surface area contributed by atoms with Gasteiger partial charge in [-0.15, -0.1) is 24.0 Å². The van der Waals surface area contributed by atoms with Gasteiger partial charge in [0.15, 0.2) is 5.96 Å². The zero-order chi connectivity index (χ0) is 15.1. The molecule has 0 aliphatic rings. The Morgan fingerprint density at radius 1 is 1.27 bits per heavy atom. The molecule has 1 unspecified atom stereocenters. The average Bonchev–Trinajstić information content (AvgIpc) is 2.89. The molecule has 0 bridgehead atoms. The Morgan fingerprint density at radius 2 is 2.05 bits per heavy atom. The fourth-order valence-corrected chi connectivity index (χ4v) is 2.09. The number of benzene rings is 1. The van der Waals surface area contributed by atoms with Crippen LogP contribution >= 0.6 is 24.0 Å². The third kappa shape index (κ3) is 5.51. The third-order valence-electron chi connectivity index (χ3n) is 3.44. The van der Waals surface area contributed by atoms with Crippen molar-refractivity contribution in [3.8, 4) is 0 Å². The van der Waals surface area contributed by atoms with E-state index >= 15 is 0 Å². The van der Waals surface area contributed by atoms with Gasteiger partial charge < -0.3 is 15.1 Å². The van der Waals surface area contributed by atoms with Crippen molar-refractivity contribution < 1.29 is 4.42 Å². The van der Waals surface area contributed by atoms with Crippen LogP contribution in [0.5, 0.6) is 0 Å². The Morgan fingerprint density at radius 3 is 2.73 bits per heavy atom. The highest BCUT2D eigenvalue weighted by molar-refractivity contribution is 14.0. The molecule has 0 radical (unpaired) electrons. The first-order chi connectivity index (χ1) is 10.2. The quantitative estimate of drug-likeness (QED) is 0.427. The highest BCUT2D eigenvalue weighted by atomic mass is 127. The summed E-state index contributed by atoms with van der Waals surface area (Å²) in [6.07, 6.45) is 1.89. The van der Waals surface area contributed by atoms with Crippen molar-refractivity contribution in [1.82, 2.24) is 10.6 Å². The molecule has 0 fully saturated rings. The van der Waals surface area contributed by atoms with E-state index in [9.17, 15) is 0 Å². The Hall–Kier alpha value is -1.24. The van der Waals surface area contributed by atoms with Crippen LogP contribution in [-0.2, 0) is 6.42 Å². The Bertz CT molecular complexity index is 561. The molecule has 1 atom stereocenters. The molecule has 0 aliphatic carbocycles. The van der Waals surface area contributed by atoms with E-state index in [1.807, 2.05) is 18.2 Å². The minimum atomic E-state index is 0. The zero-order valence-corrected chi connectivity index (χ0v) is 15.9. The maximum atomic E-state index is 5.80. The fraction of sp³-hybridized carbons (Fsp3) is 0.471. The van der Waals surface area contributed by atoms with Crippen molar-refractivity contribution in [1.29, 1.82) is 0 Å². The van der Waals surface area contributed by atoms with Crippen LogP contribution in [0, 0.1) is 0 Å². The summed E-state index contributed by atoms with van der Waals surface area (Å²) in [5, 5.41) is 7.81. The topological polar surface area (TPSA) is 49.6 Å². The van der Waals surface area contributed by atoms with Crippen LogP contribution in [0.3, 0.4) is 0 Å². The second-order valence-corrected chi connectivity index (χ2v) is 5.21. The van der Waals surface area contributed by atoms with Crippen LogP contribution in [0.15, 0.2) is 39.7 Å². The number of furan rings is 1. The second-order valence-electron chi connectivity index (χ2n) is 5.21. The van der Waals surface area contributed by atoms with Crippen molar-refractivity contribution in [3.63, 3.8) is 0 Å². The number of fused-ring (bicyclic) bond motifs is 1. The van der Waals surface area contributed by atoms with Gasteiger partial charge in [-0.25, -0.2) is 0 Å². The monoisotopic (exact) mass is 415 g/mol. The second kappa shape index (κ2) is 9.71. The van der Waals surface area contributed by atoms with Gasteiger partial charge in [-0.3, -0.25) is 4.99 Å². The first kappa shape index (κ1) is 18.8. The van der Waals surface area contributed by atoms with Crippen molar-refractivity contribution in [2.45, 2.75) is 39.7 Å². The number of hydrogen-bond acceptors (Lipinski definition) is 2. The first-order valence-electron chi connectivity index (χ1n) is 7.75. The zero-order valence-electron chi connectivity index (χ0n) is 13.6. The van der Waals surface area contributed by atoms with E-state index in [0.717, 1.165) is 42.1 Å². The summed E-state index contributed by atoms with van der Waals surface area (Å²) in [7, 11) is 0. The molecule has 0 saturated heterocycles. The van der Waals surface area contributed by atoms with Crippen molar-refractivity contribution in [2.75, 3.05) is 13.1 Å². The summed E-state index contributed by atoms with van der Waals surface area (Å²) >= 11 is 0. The van der Waals surface area contributed by atoms with Crippen LogP contribution in [0.25, 0.3) is 11.0 Å². The van der Waals surface area contributed by atoms with Gasteiger partial charge in [-0.1, -0.05) is 25.1 Å². The number of para-hydroxylation sites is 1. The summed E-state index contributed by atoms with van der Waals surface area (Å²) in [5.41, 5.74) is 0.945. The van der Waals surface area contributed by atoms with E-state index in [1.54, 1.807) is 0 Å². The summed E-state index contributed by atoms with van der Waals surface area (Å²) in [6, 6.07) is 10.6. The molecule has 0 spiro atoms. The lowest BCUT2D eigenvalue weighted by Gasteiger charge is -2.15. The number of nitrogens with zero attached hydrogens (tertiary/aromatic N) is 1. The lowest BCUT2D eigenvalue weighted by Crippen LogP contribution is -2.42. The molecule has 122 valence electrons. The number of hydrogen-bond donors (Lipinski definition) is 2. The highest BCUT2D eigenvalue weighted by Gasteiger charge is 2.04. The predicted octanol–water partition coefficient (Wildman–Crippen LogP) is 3.95. The van der Waals surface area contributed by atoms with Gasteiger partial charge >= 0.3 is 0 Å². The van der Waals surface area contributed by atoms with Crippen molar-refractivity contribution in [2.24, 2.45) is 4.99 Å². The van der Waals surface area contributed by atoms with Gasteiger partial charge in [0.25, 0.3) is 0 Å². The number of rotatable bonds is 6. The highest BCUT2D eigenvalue weighted by Crippen LogP contribution is 2.18. The molecular formula is C17H26IN3O. The fourth-order valence-electron chi connectivity index (χ4n) is 2.09. The Balaban J connectivity index is 0.00000242. The molecule has 0 amide bonds. The lowest BCUT2D eigenvalue weighted by molar-refractivity contribution is 0.549. The van der Waals surface area contributed by atoms with E-state index in [1.165, 1.54) is 0 Å². The van der Waals surface area contributed by atoms with E-state index in [2.05, 4.69) is 48.5 Å². The van der Waals surface area contributed by atoms with Crippen LogP contribution in [0.1, 0.15) is 33.0 Å². The number of halogens is 1. The molecule has 5 heteroatoms. The number of aliphatic imine (C=N–C) groups is 1. The molecule has 0 aliphatic heterocycles. The molecule has 1 aromatic heterocycles. The van der Waals surface area contributed by atoms with Gasteiger partial charge in [-0.2, -0.15) is 0 Å². The molecule has 1 aromatic carbocycles. The molecule has 1 heterocycles. The lowest BCUT2D eigenvalue weighted by atomic mass is 10.2. The Kier molecular flexibility index (Phi) is 8.30. The van der Waals surface area contributed by atoms with E-state index in [-0.39, 0.29) is 24.0 Å². The van der Waals surface area contributed by atoms with Gasteiger partial charge in [0.05, 0.1) is 0 Å². The van der Waals surface area contributed by atoms with Crippen LogP contribution < -0.4 is 10.6 Å². The van der Waals surface area contributed by atoms with E-state index in [0.29, 0.717) is 12.6 Å². The van der Waals surface area contributed by atoms with E-state index < -0.39 is 0 Å². The standard InChI is InChI=1S/C17H25N3O.HI/c1-4-13(3)20-17(18-5-2)19-11-10-15-12-14-8-6-7-9-16(14)21-15;/h6-9,12-13H,4-5,10-11H2,1-3H3,(H2,18,19,20);1H. The first-order valence-corrected chi connectivity index (χ1v) is 7.75. The molecule has 0 saturated carbocycles. The number of nitrogens with one attached hydrogen (secondary N) is 2. The maximum Gasteiger partial charge on any atom is 0.191 e. The smallest absolute Gasteiger partial charge is 0.191 e. The number of guanidine groups is 1. The predicted molar refractivity (Wildman–Crippen MR) is 104 cm³/mol. The summed E-state index contributed by atoms with van der Waals surface area (Å²) < 4.78 is 5.80. The largest absolute Gasteiger partial charge is 0.461 e. The molecule has 2 rings (SSSR count). The molecule has 2 N–H and O–H groups in total. The SMILES string of the molecule is CCNC(=NCCc1cc2ccccc2o1)NC(C)CC.I. The van der Waals surface area contributed by atoms with Crippen molar-refractivity contribution >= 4 is 40.9 Å². The van der Waals surface area contributed by atoms with Crippen molar-refractivity contribution in [3.05, 3.63) is 36.1 Å². The van der Waals surface area contributed by atoms with Crippen LogP contribution in [0.4, 0.5) is 0 Å². The minimum absolute atomic E-state index is 0. The van der Waals surface area contributed by atoms with Gasteiger partial charge in [0.1, 0.15) is 11.3 Å². The van der Waals surface area contributed by atoms with Gasteiger partial charge in [-0.05, 0) is 32.4 Å². The van der Waals surface area contributed by atoms with E-state index in [4.69, 9.17) is 4.42 Å². The normalized spacial score (nSPS) is 12.8. The third-order valence-corrected chi connectivity index (χ3v) is 3.44. The average molecular weight is 415 g/mol. The molecular weight excluding hydrogens is 389 g/mol. The van der Waals surface area contributed by atoms with Crippen LogP contribution in [0.2, 0.25) is 0 Å².